The standard InChI is InChI=1S/C10H21N3O2/c1-3-13(4-2)10(14)15-8-9-7-11-5-6-12-9/h9,11-12H,3-8H2,1-2H3. The summed E-state index contributed by atoms with van der Waals surface area (Å²) in [4.78, 5) is 13.2. The molecule has 1 aliphatic rings. The van der Waals surface area contributed by atoms with Crippen LogP contribution < -0.4 is 10.6 Å². The van der Waals surface area contributed by atoms with E-state index in [-0.39, 0.29) is 12.1 Å². The van der Waals surface area contributed by atoms with Crippen LogP contribution in [0.15, 0.2) is 0 Å². The van der Waals surface area contributed by atoms with Gasteiger partial charge in [-0.25, -0.2) is 4.79 Å². The van der Waals surface area contributed by atoms with Gasteiger partial charge in [-0.2, -0.15) is 0 Å². The Morgan fingerprint density at radius 1 is 1.40 bits per heavy atom. The Balaban J connectivity index is 2.20. The van der Waals surface area contributed by atoms with E-state index in [1.54, 1.807) is 4.90 Å². The van der Waals surface area contributed by atoms with Crippen molar-refractivity contribution in [1.82, 2.24) is 15.5 Å². The third-order valence-corrected chi connectivity index (χ3v) is 2.56. The Hall–Kier alpha value is -0.810. The van der Waals surface area contributed by atoms with Gasteiger partial charge in [0, 0.05) is 32.7 Å². The van der Waals surface area contributed by atoms with Crippen LogP contribution in [0.25, 0.3) is 0 Å². The van der Waals surface area contributed by atoms with Gasteiger partial charge in [-0.3, -0.25) is 0 Å². The van der Waals surface area contributed by atoms with E-state index in [9.17, 15) is 4.79 Å². The molecule has 0 aromatic heterocycles. The molecule has 0 aromatic carbocycles. The van der Waals surface area contributed by atoms with Gasteiger partial charge in [0.2, 0.25) is 0 Å². The summed E-state index contributed by atoms with van der Waals surface area (Å²) in [6.07, 6.45) is -0.215. The number of hydrogen-bond acceptors (Lipinski definition) is 4. The first-order valence-electron chi connectivity index (χ1n) is 5.63. The summed E-state index contributed by atoms with van der Waals surface area (Å²) in [5, 5.41) is 6.54. The van der Waals surface area contributed by atoms with Crippen molar-refractivity contribution in [3.05, 3.63) is 0 Å². The molecule has 5 nitrogen and oxygen atoms in total. The first-order chi connectivity index (χ1) is 7.27. The fourth-order valence-electron chi connectivity index (χ4n) is 1.58. The molecule has 15 heavy (non-hydrogen) atoms. The van der Waals surface area contributed by atoms with E-state index in [0.29, 0.717) is 19.7 Å². The van der Waals surface area contributed by atoms with Crippen LogP contribution in [0.5, 0.6) is 0 Å². The van der Waals surface area contributed by atoms with Crippen molar-refractivity contribution in [1.29, 1.82) is 0 Å². The first kappa shape index (κ1) is 12.3. The number of amides is 1. The van der Waals surface area contributed by atoms with E-state index in [4.69, 9.17) is 4.74 Å². The van der Waals surface area contributed by atoms with Crippen molar-refractivity contribution in [2.24, 2.45) is 0 Å². The van der Waals surface area contributed by atoms with Crippen LogP contribution in [-0.4, -0.2) is 56.4 Å². The van der Waals surface area contributed by atoms with Gasteiger partial charge in [0.15, 0.2) is 0 Å². The Bertz CT molecular complexity index is 189. The van der Waals surface area contributed by atoms with E-state index >= 15 is 0 Å². The molecule has 0 aromatic rings. The average Bonchev–Trinajstić information content (AvgIpc) is 2.29. The van der Waals surface area contributed by atoms with Gasteiger partial charge in [-0.15, -0.1) is 0 Å². The second kappa shape index (κ2) is 6.63. The van der Waals surface area contributed by atoms with Crippen molar-refractivity contribution in [2.45, 2.75) is 19.9 Å². The lowest BCUT2D eigenvalue weighted by molar-refractivity contribution is 0.0943. The summed E-state index contributed by atoms with van der Waals surface area (Å²) in [5.41, 5.74) is 0. The fourth-order valence-corrected chi connectivity index (χ4v) is 1.58. The minimum absolute atomic E-state index is 0.215. The Morgan fingerprint density at radius 2 is 2.13 bits per heavy atom. The van der Waals surface area contributed by atoms with Crippen LogP contribution in [0.3, 0.4) is 0 Å². The highest BCUT2D eigenvalue weighted by Crippen LogP contribution is 1.96. The monoisotopic (exact) mass is 215 g/mol. The molecule has 1 fully saturated rings. The highest BCUT2D eigenvalue weighted by Gasteiger charge is 2.16. The molecule has 0 aliphatic carbocycles. The third-order valence-electron chi connectivity index (χ3n) is 2.56. The summed E-state index contributed by atoms with van der Waals surface area (Å²) in [5.74, 6) is 0. The van der Waals surface area contributed by atoms with E-state index in [1.807, 2.05) is 13.8 Å². The van der Waals surface area contributed by atoms with Gasteiger partial charge < -0.3 is 20.3 Å². The molecule has 0 spiro atoms. The maximum atomic E-state index is 11.5. The molecule has 0 radical (unpaired) electrons. The number of ether oxygens (including phenoxy) is 1. The number of hydrogen-bond donors (Lipinski definition) is 2. The molecule has 1 heterocycles. The summed E-state index contributed by atoms with van der Waals surface area (Å²) in [7, 11) is 0. The van der Waals surface area contributed by atoms with Gasteiger partial charge >= 0.3 is 6.09 Å². The molecule has 1 rings (SSSR count). The number of carbonyl (C=O) groups excluding carboxylic acids is 1. The van der Waals surface area contributed by atoms with Crippen LogP contribution in [-0.2, 0) is 4.74 Å². The molecular weight excluding hydrogens is 194 g/mol. The Labute approximate surface area is 91.2 Å². The number of rotatable bonds is 4. The molecule has 5 heteroatoms. The zero-order valence-electron chi connectivity index (χ0n) is 9.58. The maximum Gasteiger partial charge on any atom is 0.409 e. The summed E-state index contributed by atoms with van der Waals surface area (Å²) >= 11 is 0. The van der Waals surface area contributed by atoms with Crippen molar-refractivity contribution in [3.8, 4) is 0 Å². The Kier molecular flexibility index (Phi) is 5.42. The van der Waals surface area contributed by atoms with Gasteiger partial charge in [0.1, 0.15) is 6.61 Å². The molecule has 1 aliphatic heterocycles. The van der Waals surface area contributed by atoms with Crippen molar-refractivity contribution in [3.63, 3.8) is 0 Å². The summed E-state index contributed by atoms with van der Waals surface area (Å²) in [6.45, 7) is 8.54. The van der Waals surface area contributed by atoms with E-state index in [0.717, 1.165) is 19.6 Å². The van der Waals surface area contributed by atoms with E-state index in [1.165, 1.54) is 0 Å². The maximum absolute atomic E-state index is 11.5. The zero-order valence-corrected chi connectivity index (χ0v) is 9.58. The Morgan fingerprint density at radius 3 is 2.67 bits per heavy atom. The predicted octanol–water partition coefficient (Wildman–Crippen LogP) is 0.0262. The minimum atomic E-state index is -0.215. The molecule has 1 unspecified atom stereocenters. The fraction of sp³-hybridized carbons (Fsp3) is 0.900. The zero-order chi connectivity index (χ0) is 11.1. The summed E-state index contributed by atoms with van der Waals surface area (Å²) in [6, 6.07) is 0.248. The lowest BCUT2D eigenvalue weighted by atomic mass is 10.2. The van der Waals surface area contributed by atoms with Crippen molar-refractivity contribution < 1.29 is 9.53 Å². The summed E-state index contributed by atoms with van der Waals surface area (Å²) < 4.78 is 5.21. The number of nitrogens with one attached hydrogen (secondary N) is 2. The smallest absolute Gasteiger partial charge is 0.409 e. The van der Waals surface area contributed by atoms with Gasteiger partial charge in [-0.1, -0.05) is 0 Å². The predicted molar refractivity (Wildman–Crippen MR) is 58.9 cm³/mol. The van der Waals surface area contributed by atoms with E-state index < -0.39 is 0 Å². The number of piperazine rings is 1. The molecular formula is C10H21N3O2. The highest BCUT2D eigenvalue weighted by molar-refractivity contribution is 5.67. The highest BCUT2D eigenvalue weighted by atomic mass is 16.6. The van der Waals surface area contributed by atoms with Crippen LogP contribution in [0.2, 0.25) is 0 Å². The molecule has 0 saturated carbocycles. The molecule has 1 amide bonds. The quantitative estimate of drug-likeness (QED) is 0.694. The lowest BCUT2D eigenvalue weighted by Crippen LogP contribution is -2.51. The third kappa shape index (κ3) is 4.05. The largest absolute Gasteiger partial charge is 0.448 e. The second-order valence-electron chi connectivity index (χ2n) is 3.60. The van der Waals surface area contributed by atoms with Crippen molar-refractivity contribution in [2.75, 3.05) is 39.3 Å². The molecule has 1 saturated heterocycles. The number of carbonyl (C=O) groups is 1. The normalized spacial score (nSPS) is 21.1. The topological polar surface area (TPSA) is 53.6 Å². The first-order valence-corrected chi connectivity index (χ1v) is 5.63. The molecule has 1 atom stereocenters. The van der Waals surface area contributed by atoms with Crippen molar-refractivity contribution >= 4 is 6.09 Å². The lowest BCUT2D eigenvalue weighted by Gasteiger charge is -2.25. The average molecular weight is 215 g/mol. The molecule has 0 bridgehead atoms. The van der Waals surface area contributed by atoms with Crippen LogP contribution in [0.1, 0.15) is 13.8 Å². The van der Waals surface area contributed by atoms with Crippen LogP contribution >= 0.6 is 0 Å². The van der Waals surface area contributed by atoms with Gasteiger partial charge in [0.25, 0.3) is 0 Å². The van der Waals surface area contributed by atoms with Crippen LogP contribution in [0, 0.1) is 0 Å². The molecule has 2 N–H and O–H groups in total. The van der Waals surface area contributed by atoms with Crippen LogP contribution in [0.4, 0.5) is 4.79 Å². The van der Waals surface area contributed by atoms with Gasteiger partial charge in [0.05, 0.1) is 6.04 Å². The SMILES string of the molecule is CCN(CC)C(=O)OCC1CNCCN1. The van der Waals surface area contributed by atoms with Gasteiger partial charge in [-0.05, 0) is 13.8 Å². The minimum Gasteiger partial charge on any atom is -0.448 e. The number of nitrogens with zero attached hydrogens (tertiary/aromatic N) is 1. The van der Waals surface area contributed by atoms with E-state index in [2.05, 4.69) is 10.6 Å². The second-order valence-corrected chi connectivity index (χ2v) is 3.60. The molecule has 88 valence electrons.